The van der Waals surface area contributed by atoms with E-state index >= 15 is 0 Å². The molecule has 0 amide bonds. The predicted molar refractivity (Wildman–Crippen MR) is 172 cm³/mol. The molecule has 0 unspecified atom stereocenters. The first-order valence-electron chi connectivity index (χ1n) is 15.6. The first-order chi connectivity index (χ1) is 21.4. The number of rotatable bonds is 11. The van der Waals surface area contributed by atoms with Crippen LogP contribution in [0.15, 0.2) is 60.7 Å². The third-order valence-electron chi connectivity index (χ3n) is 7.89. The molecule has 3 aromatic rings. The van der Waals surface area contributed by atoms with Gasteiger partial charge < -0.3 is 9.47 Å². The Balaban J connectivity index is 1.72. The lowest BCUT2D eigenvalue weighted by Crippen LogP contribution is -2.46. The number of halogens is 4. The van der Waals surface area contributed by atoms with Crippen LogP contribution in [0.25, 0.3) is 23.3 Å². The number of esters is 1. The summed E-state index contributed by atoms with van der Waals surface area (Å²) >= 11 is 0. The van der Waals surface area contributed by atoms with Gasteiger partial charge in [0.15, 0.2) is 0 Å². The van der Waals surface area contributed by atoms with Crippen molar-refractivity contribution in [2.75, 3.05) is 19.8 Å². The van der Waals surface area contributed by atoms with Crippen LogP contribution in [0.1, 0.15) is 80.7 Å². The molecule has 45 heavy (non-hydrogen) atoms. The van der Waals surface area contributed by atoms with E-state index in [0.29, 0.717) is 37.1 Å². The van der Waals surface area contributed by atoms with Crippen molar-refractivity contribution in [3.8, 4) is 16.9 Å². The lowest BCUT2D eigenvalue weighted by molar-refractivity contribution is -0.163. The standard InChI is InChI=1S/C37H43F4NO3/c1-26-27(15-12-16-31(26)28-13-6-5-7-14-28)18-19-29-24-34(44-22-11-9-20-38)30(23-32(29)37(39,40)41)25-42-21-10-8-17-33(42)35(43)45-36(2,3)4/h5-7,12-16,18-19,23-24,33H,8-11,17,20-22,25H2,1-4H3/b19-18+/t33-/m0/s1. The van der Waals surface area contributed by atoms with Crippen molar-refractivity contribution in [3.05, 3.63) is 88.5 Å². The number of hydrogen-bond acceptors (Lipinski definition) is 4. The number of ether oxygens (including phenoxy) is 2. The lowest BCUT2D eigenvalue weighted by atomic mass is 9.95. The van der Waals surface area contributed by atoms with Crippen molar-refractivity contribution in [2.45, 2.75) is 84.2 Å². The highest BCUT2D eigenvalue weighted by Gasteiger charge is 2.36. The Bertz CT molecular complexity index is 1460. The molecule has 4 nitrogen and oxygen atoms in total. The van der Waals surface area contributed by atoms with Gasteiger partial charge in [0.1, 0.15) is 17.4 Å². The summed E-state index contributed by atoms with van der Waals surface area (Å²) < 4.78 is 68.1. The van der Waals surface area contributed by atoms with E-state index in [9.17, 15) is 22.4 Å². The van der Waals surface area contributed by atoms with Gasteiger partial charge in [-0.25, -0.2) is 0 Å². The summed E-state index contributed by atoms with van der Waals surface area (Å²) in [6, 6.07) is 17.6. The van der Waals surface area contributed by atoms with E-state index in [-0.39, 0.29) is 24.7 Å². The van der Waals surface area contributed by atoms with E-state index < -0.39 is 30.1 Å². The van der Waals surface area contributed by atoms with Crippen molar-refractivity contribution in [2.24, 2.45) is 0 Å². The van der Waals surface area contributed by atoms with E-state index in [1.54, 1.807) is 26.8 Å². The highest BCUT2D eigenvalue weighted by molar-refractivity contribution is 5.79. The minimum absolute atomic E-state index is 0.0291. The first kappa shape index (κ1) is 34.2. The molecule has 0 aromatic heterocycles. The van der Waals surface area contributed by atoms with Gasteiger partial charge >= 0.3 is 12.1 Å². The van der Waals surface area contributed by atoms with Crippen molar-refractivity contribution in [1.82, 2.24) is 4.90 Å². The highest BCUT2D eigenvalue weighted by Crippen LogP contribution is 2.38. The normalized spacial score (nSPS) is 16.2. The van der Waals surface area contributed by atoms with Crippen LogP contribution in [0.3, 0.4) is 0 Å². The van der Waals surface area contributed by atoms with Gasteiger partial charge in [-0.1, -0.05) is 67.1 Å². The maximum absolute atomic E-state index is 14.6. The minimum atomic E-state index is -4.63. The van der Waals surface area contributed by atoms with E-state index in [4.69, 9.17) is 9.47 Å². The van der Waals surface area contributed by atoms with E-state index in [1.807, 2.05) is 60.4 Å². The molecule has 1 atom stereocenters. The number of carbonyl (C=O) groups excluding carboxylic acids is 1. The highest BCUT2D eigenvalue weighted by atomic mass is 19.4. The monoisotopic (exact) mass is 625 g/mol. The van der Waals surface area contributed by atoms with Gasteiger partial charge in [0, 0.05) is 12.1 Å². The van der Waals surface area contributed by atoms with Crippen molar-refractivity contribution in [3.63, 3.8) is 0 Å². The Kier molecular flexibility index (Phi) is 11.5. The molecule has 0 bridgehead atoms. The summed E-state index contributed by atoms with van der Waals surface area (Å²) in [5.41, 5.74) is 2.61. The zero-order valence-electron chi connectivity index (χ0n) is 26.6. The fourth-order valence-corrected chi connectivity index (χ4v) is 5.64. The van der Waals surface area contributed by atoms with Gasteiger partial charge in [0.05, 0.1) is 18.8 Å². The van der Waals surface area contributed by atoms with Crippen LogP contribution >= 0.6 is 0 Å². The second kappa shape index (κ2) is 15.1. The molecule has 8 heteroatoms. The number of likely N-dealkylation sites (tertiary alicyclic amines) is 1. The van der Waals surface area contributed by atoms with E-state index in [0.717, 1.165) is 41.2 Å². The number of piperidine rings is 1. The molecular formula is C37H43F4NO3. The van der Waals surface area contributed by atoms with Crippen LogP contribution in [0.4, 0.5) is 17.6 Å². The predicted octanol–water partition coefficient (Wildman–Crippen LogP) is 9.68. The van der Waals surface area contributed by atoms with Gasteiger partial charge in [0.2, 0.25) is 0 Å². The van der Waals surface area contributed by atoms with Crippen LogP contribution in [0.2, 0.25) is 0 Å². The zero-order valence-corrected chi connectivity index (χ0v) is 26.6. The molecule has 3 aromatic carbocycles. The maximum atomic E-state index is 14.6. The summed E-state index contributed by atoms with van der Waals surface area (Å²) in [6.07, 6.45) is 1.48. The van der Waals surface area contributed by atoms with Gasteiger partial charge in [-0.3, -0.25) is 14.1 Å². The molecule has 4 rings (SSSR count). The molecule has 0 saturated carbocycles. The average molecular weight is 626 g/mol. The summed E-state index contributed by atoms with van der Waals surface area (Å²) in [6.45, 7) is 7.64. The molecule has 0 N–H and O–H groups in total. The quantitative estimate of drug-likeness (QED) is 0.0921. The van der Waals surface area contributed by atoms with Gasteiger partial charge in [-0.2, -0.15) is 13.2 Å². The fourth-order valence-electron chi connectivity index (χ4n) is 5.64. The second-order valence-electron chi connectivity index (χ2n) is 12.5. The Labute approximate surface area is 264 Å². The molecule has 0 radical (unpaired) electrons. The number of benzene rings is 3. The summed E-state index contributed by atoms with van der Waals surface area (Å²) in [4.78, 5) is 15.0. The number of alkyl halides is 4. The second-order valence-corrected chi connectivity index (χ2v) is 12.5. The third-order valence-corrected chi connectivity index (χ3v) is 7.89. The molecule has 1 aliphatic heterocycles. The number of unbranched alkanes of at least 4 members (excludes halogenated alkanes) is 1. The Morgan fingerprint density at radius 1 is 0.956 bits per heavy atom. The first-order valence-corrected chi connectivity index (χ1v) is 15.6. The molecule has 0 aliphatic carbocycles. The SMILES string of the molecule is Cc1c(/C=C/c2cc(OCCCCF)c(CN3CCCC[C@H]3C(=O)OC(C)(C)C)cc2C(F)(F)F)cccc1-c1ccccc1. The Morgan fingerprint density at radius 3 is 2.38 bits per heavy atom. The fraction of sp³-hybridized carbons (Fsp3) is 0.432. The van der Waals surface area contributed by atoms with Crippen molar-refractivity contribution >= 4 is 18.1 Å². The molecule has 242 valence electrons. The van der Waals surface area contributed by atoms with Crippen LogP contribution in [-0.4, -0.2) is 42.3 Å². The average Bonchev–Trinajstić information content (AvgIpc) is 2.99. The van der Waals surface area contributed by atoms with Gasteiger partial charge in [-0.15, -0.1) is 0 Å². The van der Waals surface area contributed by atoms with E-state index in [2.05, 4.69) is 0 Å². The lowest BCUT2D eigenvalue weighted by Gasteiger charge is -2.36. The minimum Gasteiger partial charge on any atom is -0.493 e. The van der Waals surface area contributed by atoms with Crippen molar-refractivity contribution in [1.29, 1.82) is 0 Å². The molecule has 1 heterocycles. The van der Waals surface area contributed by atoms with Gasteiger partial charge in [-0.05, 0) is 99.9 Å². The van der Waals surface area contributed by atoms with Crippen LogP contribution < -0.4 is 4.74 Å². The zero-order chi connectivity index (χ0) is 32.6. The largest absolute Gasteiger partial charge is 0.493 e. The molecular weight excluding hydrogens is 582 g/mol. The molecule has 1 saturated heterocycles. The third kappa shape index (κ3) is 9.42. The molecule has 1 aliphatic rings. The maximum Gasteiger partial charge on any atom is 0.417 e. The summed E-state index contributed by atoms with van der Waals surface area (Å²) in [7, 11) is 0. The van der Waals surface area contributed by atoms with Crippen molar-refractivity contribution < 1.29 is 31.8 Å². The smallest absolute Gasteiger partial charge is 0.417 e. The Hall–Kier alpha value is -3.65. The molecule has 0 spiro atoms. The van der Waals surface area contributed by atoms with Crippen LogP contribution in [-0.2, 0) is 22.3 Å². The molecule has 1 fully saturated rings. The number of nitrogens with zero attached hydrogens (tertiary/aromatic N) is 1. The summed E-state index contributed by atoms with van der Waals surface area (Å²) in [5, 5.41) is 0. The summed E-state index contributed by atoms with van der Waals surface area (Å²) in [5.74, 6) is -0.0823. The number of carbonyl (C=O) groups is 1. The van der Waals surface area contributed by atoms with E-state index in [1.165, 1.54) is 12.1 Å². The topological polar surface area (TPSA) is 38.8 Å². The Morgan fingerprint density at radius 2 is 1.69 bits per heavy atom. The van der Waals surface area contributed by atoms with Crippen LogP contribution in [0, 0.1) is 6.92 Å². The number of hydrogen-bond donors (Lipinski definition) is 0. The van der Waals surface area contributed by atoms with Crippen LogP contribution in [0.5, 0.6) is 5.75 Å². The van der Waals surface area contributed by atoms with Gasteiger partial charge in [0.25, 0.3) is 0 Å².